The van der Waals surface area contributed by atoms with Gasteiger partial charge in [0, 0.05) is 12.4 Å². The molecule has 0 aliphatic rings. The molecule has 0 amide bonds. The number of benzene rings is 1. The summed E-state index contributed by atoms with van der Waals surface area (Å²) < 4.78 is 1.17. The Bertz CT molecular complexity index is 560. The molecule has 0 aliphatic heterocycles. The molecule has 14 heavy (non-hydrogen) atoms. The van der Waals surface area contributed by atoms with Gasteiger partial charge in [-0.05, 0) is 12.1 Å². The van der Waals surface area contributed by atoms with Gasteiger partial charge in [0.25, 0.3) is 5.56 Å². The third-order valence-corrected chi connectivity index (χ3v) is 2.04. The highest BCUT2D eigenvalue weighted by atomic mass is 16.3. The lowest BCUT2D eigenvalue weighted by atomic mass is 10.2. The number of fused-ring (bicyclic) bond motifs is 1. The second-order valence-electron chi connectivity index (χ2n) is 3.00. The van der Waals surface area contributed by atoms with Crippen LogP contribution in [0.4, 0.5) is 0 Å². The third kappa shape index (κ3) is 1.10. The van der Waals surface area contributed by atoms with Gasteiger partial charge in [0.05, 0.1) is 11.6 Å². The zero-order valence-electron chi connectivity index (χ0n) is 7.43. The number of aryl methyl sites for hydroxylation is 1. The van der Waals surface area contributed by atoms with Gasteiger partial charge in [-0.15, -0.1) is 0 Å². The van der Waals surface area contributed by atoms with E-state index in [1.54, 1.807) is 0 Å². The van der Waals surface area contributed by atoms with Gasteiger partial charge in [0.15, 0.2) is 11.5 Å². The van der Waals surface area contributed by atoms with Crippen molar-refractivity contribution in [3.8, 4) is 11.5 Å². The summed E-state index contributed by atoms with van der Waals surface area (Å²) in [7, 11) is 1.52. The zero-order chi connectivity index (χ0) is 10.3. The van der Waals surface area contributed by atoms with Crippen molar-refractivity contribution in [1.29, 1.82) is 0 Å². The second kappa shape index (κ2) is 2.73. The Morgan fingerprint density at radius 3 is 2.64 bits per heavy atom. The fraction of sp³-hybridized carbons (Fsp3) is 0.111. The number of phenols is 2. The molecule has 1 aromatic carbocycles. The Labute approximate surface area is 78.8 Å². The second-order valence-corrected chi connectivity index (χ2v) is 3.00. The van der Waals surface area contributed by atoms with Gasteiger partial charge in [-0.3, -0.25) is 4.79 Å². The van der Waals surface area contributed by atoms with Gasteiger partial charge in [0.2, 0.25) is 0 Å². The van der Waals surface area contributed by atoms with Crippen molar-refractivity contribution in [3.63, 3.8) is 0 Å². The fourth-order valence-electron chi connectivity index (χ4n) is 1.26. The van der Waals surface area contributed by atoms with Crippen molar-refractivity contribution in [1.82, 2.24) is 9.78 Å². The summed E-state index contributed by atoms with van der Waals surface area (Å²) in [5, 5.41) is 23.0. The number of rotatable bonds is 0. The quantitative estimate of drug-likeness (QED) is 0.590. The molecular weight excluding hydrogens is 184 g/mol. The summed E-state index contributed by atoms with van der Waals surface area (Å²) in [6.07, 6.45) is 1.45. The van der Waals surface area contributed by atoms with Crippen molar-refractivity contribution in [2.75, 3.05) is 0 Å². The van der Waals surface area contributed by atoms with Crippen molar-refractivity contribution < 1.29 is 10.2 Å². The molecule has 0 bridgehead atoms. The van der Waals surface area contributed by atoms with Crippen LogP contribution in [0.15, 0.2) is 23.1 Å². The van der Waals surface area contributed by atoms with Crippen LogP contribution in [0.1, 0.15) is 0 Å². The van der Waals surface area contributed by atoms with Crippen LogP contribution in [0.3, 0.4) is 0 Å². The summed E-state index contributed by atoms with van der Waals surface area (Å²) in [6, 6.07) is 2.54. The topological polar surface area (TPSA) is 75.3 Å². The van der Waals surface area contributed by atoms with Crippen LogP contribution in [0.25, 0.3) is 10.8 Å². The van der Waals surface area contributed by atoms with E-state index in [2.05, 4.69) is 5.10 Å². The largest absolute Gasteiger partial charge is 0.504 e. The van der Waals surface area contributed by atoms with Crippen molar-refractivity contribution in [3.05, 3.63) is 28.7 Å². The molecule has 1 aromatic heterocycles. The lowest BCUT2D eigenvalue weighted by Crippen LogP contribution is -2.18. The maximum Gasteiger partial charge on any atom is 0.274 e. The summed E-state index contributed by atoms with van der Waals surface area (Å²) in [6.45, 7) is 0. The Hall–Kier alpha value is -2.04. The number of phenolic OH excluding ortho intramolecular Hbond substituents is 2. The number of hydrogen-bond donors (Lipinski definition) is 2. The van der Waals surface area contributed by atoms with E-state index >= 15 is 0 Å². The Kier molecular flexibility index (Phi) is 1.67. The van der Waals surface area contributed by atoms with Crippen LogP contribution in [0.5, 0.6) is 11.5 Å². The first-order chi connectivity index (χ1) is 6.59. The average molecular weight is 192 g/mol. The van der Waals surface area contributed by atoms with E-state index in [4.69, 9.17) is 0 Å². The molecule has 0 radical (unpaired) electrons. The molecule has 2 N–H and O–H groups in total. The van der Waals surface area contributed by atoms with E-state index in [1.165, 1.54) is 30.1 Å². The standard InChI is InChI=1S/C9H8N2O3/c1-11-9(14)6-3-8(13)7(12)2-5(6)4-10-11/h2-4,12-13H,1H3. The average Bonchev–Trinajstić information content (AvgIpc) is 2.15. The highest BCUT2D eigenvalue weighted by Gasteiger charge is 2.06. The molecular formula is C9H8N2O3. The lowest BCUT2D eigenvalue weighted by Gasteiger charge is -2.02. The van der Waals surface area contributed by atoms with Crippen LogP contribution >= 0.6 is 0 Å². The number of aromatic hydroxyl groups is 2. The molecule has 0 unspecified atom stereocenters. The molecule has 72 valence electrons. The Morgan fingerprint density at radius 1 is 1.29 bits per heavy atom. The van der Waals surface area contributed by atoms with Gasteiger partial charge in [-0.25, -0.2) is 4.68 Å². The maximum absolute atomic E-state index is 11.5. The molecule has 0 aliphatic carbocycles. The minimum absolute atomic E-state index is 0.257. The molecule has 5 heteroatoms. The minimum Gasteiger partial charge on any atom is -0.504 e. The van der Waals surface area contributed by atoms with Crippen LogP contribution in [0, 0.1) is 0 Å². The molecule has 0 saturated carbocycles. The summed E-state index contributed by atoms with van der Waals surface area (Å²) >= 11 is 0. The van der Waals surface area contributed by atoms with E-state index in [0.717, 1.165) is 0 Å². The zero-order valence-corrected chi connectivity index (χ0v) is 7.43. The summed E-state index contributed by atoms with van der Waals surface area (Å²) in [5.74, 6) is -0.562. The minimum atomic E-state index is -0.308. The summed E-state index contributed by atoms with van der Waals surface area (Å²) in [4.78, 5) is 11.5. The molecule has 0 fully saturated rings. The first kappa shape index (κ1) is 8.55. The normalized spacial score (nSPS) is 10.6. The predicted octanol–water partition coefficient (Wildman–Crippen LogP) is 0.345. The lowest BCUT2D eigenvalue weighted by molar-refractivity contribution is 0.405. The van der Waals surface area contributed by atoms with Gasteiger partial charge in [-0.1, -0.05) is 0 Å². The van der Waals surface area contributed by atoms with Crippen molar-refractivity contribution in [2.24, 2.45) is 7.05 Å². The smallest absolute Gasteiger partial charge is 0.274 e. The van der Waals surface area contributed by atoms with Gasteiger partial charge >= 0.3 is 0 Å². The van der Waals surface area contributed by atoms with E-state index in [-0.39, 0.29) is 17.1 Å². The van der Waals surface area contributed by atoms with Gasteiger partial charge in [-0.2, -0.15) is 5.10 Å². The van der Waals surface area contributed by atoms with E-state index in [1.807, 2.05) is 0 Å². The van der Waals surface area contributed by atoms with E-state index in [9.17, 15) is 15.0 Å². The monoisotopic (exact) mass is 192 g/mol. The molecule has 1 heterocycles. The Balaban J connectivity index is 2.97. The van der Waals surface area contributed by atoms with E-state index < -0.39 is 0 Å². The van der Waals surface area contributed by atoms with Crippen LogP contribution in [-0.2, 0) is 7.05 Å². The molecule has 5 nitrogen and oxygen atoms in total. The molecule has 2 aromatic rings. The molecule has 2 rings (SSSR count). The highest BCUT2D eigenvalue weighted by molar-refractivity contribution is 5.84. The predicted molar refractivity (Wildman–Crippen MR) is 50.3 cm³/mol. The molecule has 0 atom stereocenters. The van der Waals surface area contributed by atoms with Crippen molar-refractivity contribution >= 4 is 10.8 Å². The number of nitrogens with zero attached hydrogens (tertiary/aromatic N) is 2. The van der Waals surface area contributed by atoms with Crippen LogP contribution in [0.2, 0.25) is 0 Å². The van der Waals surface area contributed by atoms with Crippen LogP contribution < -0.4 is 5.56 Å². The SMILES string of the molecule is Cn1ncc2cc(O)c(O)cc2c1=O. The number of aromatic nitrogens is 2. The Morgan fingerprint density at radius 2 is 1.93 bits per heavy atom. The first-order valence-electron chi connectivity index (χ1n) is 3.97. The van der Waals surface area contributed by atoms with Gasteiger partial charge < -0.3 is 10.2 Å². The third-order valence-electron chi connectivity index (χ3n) is 2.04. The number of hydrogen-bond acceptors (Lipinski definition) is 4. The van der Waals surface area contributed by atoms with Crippen molar-refractivity contribution in [2.45, 2.75) is 0 Å². The molecule has 0 spiro atoms. The molecule has 0 saturated heterocycles. The van der Waals surface area contributed by atoms with E-state index in [0.29, 0.717) is 10.8 Å². The highest BCUT2D eigenvalue weighted by Crippen LogP contribution is 2.27. The maximum atomic E-state index is 11.5. The first-order valence-corrected chi connectivity index (χ1v) is 3.97. The fourth-order valence-corrected chi connectivity index (χ4v) is 1.26. The summed E-state index contributed by atoms with van der Waals surface area (Å²) in [5.41, 5.74) is -0.308. The van der Waals surface area contributed by atoms with Gasteiger partial charge in [0.1, 0.15) is 0 Å². The van der Waals surface area contributed by atoms with Crippen LogP contribution in [-0.4, -0.2) is 20.0 Å².